The second kappa shape index (κ2) is 7.30. The fourth-order valence-corrected chi connectivity index (χ4v) is 3.99. The van der Waals surface area contributed by atoms with Gasteiger partial charge in [-0.15, -0.1) is 0 Å². The van der Waals surface area contributed by atoms with E-state index in [4.69, 9.17) is 5.10 Å². The summed E-state index contributed by atoms with van der Waals surface area (Å²) in [7, 11) is 2.00. The van der Waals surface area contributed by atoms with E-state index < -0.39 is 0 Å². The van der Waals surface area contributed by atoms with Crippen LogP contribution in [0.5, 0.6) is 0 Å². The first kappa shape index (κ1) is 18.5. The molecular formula is C23H28N4O. The van der Waals surface area contributed by atoms with E-state index in [0.29, 0.717) is 11.6 Å². The number of rotatable bonds is 3. The van der Waals surface area contributed by atoms with Gasteiger partial charge in [-0.05, 0) is 62.4 Å². The van der Waals surface area contributed by atoms with Crippen molar-refractivity contribution in [1.82, 2.24) is 19.2 Å². The van der Waals surface area contributed by atoms with Gasteiger partial charge in [0.15, 0.2) is 0 Å². The molecule has 1 aliphatic heterocycles. The smallest absolute Gasteiger partial charge is 0.272 e. The highest BCUT2D eigenvalue weighted by Gasteiger charge is 2.26. The molecule has 1 saturated heterocycles. The standard InChI is InChI=1S/C23H28N4O/c1-16-9-12-26(13-10-16)23(28)22-15-19(21-6-5-11-25(21)4)24-27(22)20-8-7-17(2)14-18(20)3/h5-8,11,14-16H,9-10,12-13H2,1-4H3. The van der Waals surface area contributed by atoms with Crippen molar-refractivity contribution < 1.29 is 4.79 Å². The van der Waals surface area contributed by atoms with Crippen LogP contribution in [0, 0.1) is 19.8 Å². The SMILES string of the molecule is Cc1ccc(-n2nc(-c3cccn3C)cc2C(=O)N2CCC(C)CC2)c(C)c1. The molecule has 1 fully saturated rings. The molecule has 2 aromatic heterocycles. The van der Waals surface area contributed by atoms with Gasteiger partial charge in [0.25, 0.3) is 5.91 Å². The minimum atomic E-state index is 0.0693. The maximum Gasteiger partial charge on any atom is 0.272 e. The molecule has 4 rings (SSSR count). The van der Waals surface area contributed by atoms with Crippen LogP contribution in [0.4, 0.5) is 0 Å². The molecule has 3 aromatic rings. The molecule has 0 bridgehead atoms. The van der Waals surface area contributed by atoms with Crippen LogP contribution in [0.2, 0.25) is 0 Å². The molecule has 0 saturated carbocycles. The minimum Gasteiger partial charge on any atom is -0.349 e. The quantitative estimate of drug-likeness (QED) is 0.681. The van der Waals surface area contributed by atoms with Crippen molar-refractivity contribution in [3.8, 4) is 17.1 Å². The van der Waals surface area contributed by atoms with Crippen LogP contribution >= 0.6 is 0 Å². The van der Waals surface area contributed by atoms with Gasteiger partial charge in [0.1, 0.15) is 11.4 Å². The molecular weight excluding hydrogens is 348 g/mol. The highest BCUT2D eigenvalue weighted by Crippen LogP contribution is 2.26. The summed E-state index contributed by atoms with van der Waals surface area (Å²) in [5, 5.41) is 4.85. The number of carbonyl (C=O) groups excluding carboxylic acids is 1. The number of amides is 1. The number of likely N-dealkylation sites (tertiary alicyclic amines) is 1. The monoisotopic (exact) mass is 376 g/mol. The first-order valence-electron chi connectivity index (χ1n) is 10.0. The van der Waals surface area contributed by atoms with E-state index in [1.807, 2.05) is 45.6 Å². The Morgan fingerprint density at radius 3 is 2.50 bits per heavy atom. The number of hydrogen-bond donors (Lipinski definition) is 0. The lowest BCUT2D eigenvalue weighted by Crippen LogP contribution is -2.38. The molecule has 0 N–H and O–H groups in total. The lowest BCUT2D eigenvalue weighted by Gasteiger charge is -2.30. The van der Waals surface area contributed by atoms with Gasteiger partial charge in [0, 0.05) is 26.3 Å². The van der Waals surface area contributed by atoms with Gasteiger partial charge in [-0.1, -0.05) is 24.6 Å². The summed E-state index contributed by atoms with van der Waals surface area (Å²) in [5.74, 6) is 0.757. The highest BCUT2D eigenvalue weighted by atomic mass is 16.2. The molecule has 1 amide bonds. The summed E-state index contributed by atoms with van der Waals surface area (Å²) in [4.78, 5) is 15.4. The van der Waals surface area contributed by atoms with E-state index in [1.54, 1.807) is 0 Å². The van der Waals surface area contributed by atoms with Crippen molar-refractivity contribution in [2.75, 3.05) is 13.1 Å². The maximum atomic E-state index is 13.4. The predicted octanol–water partition coefficient (Wildman–Crippen LogP) is 4.37. The van der Waals surface area contributed by atoms with E-state index in [1.165, 1.54) is 5.56 Å². The second-order valence-corrected chi connectivity index (χ2v) is 8.10. The first-order chi connectivity index (χ1) is 13.4. The van der Waals surface area contributed by atoms with Crippen molar-refractivity contribution in [2.24, 2.45) is 13.0 Å². The Morgan fingerprint density at radius 1 is 1.11 bits per heavy atom. The molecule has 3 heterocycles. The Labute approximate surface area is 166 Å². The van der Waals surface area contributed by atoms with E-state index in [2.05, 4.69) is 39.0 Å². The molecule has 0 unspecified atom stereocenters. The predicted molar refractivity (Wildman–Crippen MR) is 112 cm³/mol. The van der Waals surface area contributed by atoms with Gasteiger partial charge >= 0.3 is 0 Å². The van der Waals surface area contributed by atoms with Gasteiger partial charge in [-0.3, -0.25) is 4.79 Å². The molecule has 5 heteroatoms. The van der Waals surface area contributed by atoms with Gasteiger partial charge in [-0.25, -0.2) is 4.68 Å². The molecule has 0 aliphatic carbocycles. The Bertz CT molecular complexity index is 1010. The van der Waals surface area contributed by atoms with Crippen molar-refractivity contribution in [3.63, 3.8) is 0 Å². The summed E-state index contributed by atoms with van der Waals surface area (Å²) in [6.07, 6.45) is 4.13. The number of piperidine rings is 1. The average Bonchev–Trinajstić information content (AvgIpc) is 3.28. The average molecular weight is 377 g/mol. The zero-order valence-electron chi connectivity index (χ0n) is 17.1. The van der Waals surface area contributed by atoms with Crippen LogP contribution in [0.15, 0.2) is 42.6 Å². The Hall–Kier alpha value is -2.82. The summed E-state index contributed by atoms with van der Waals surface area (Å²) >= 11 is 0. The number of nitrogens with zero attached hydrogens (tertiary/aromatic N) is 4. The normalized spacial score (nSPS) is 15.2. The minimum absolute atomic E-state index is 0.0693. The summed E-state index contributed by atoms with van der Waals surface area (Å²) in [6, 6.07) is 12.2. The molecule has 0 spiro atoms. The number of benzene rings is 1. The highest BCUT2D eigenvalue weighted by molar-refractivity contribution is 5.94. The number of carbonyl (C=O) groups is 1. The lowest BCUT2D eigenvalue weighted by molar-refractivity contribution is 0.0688. The lowest BCUT2D eigenvalue weighted by atomic mass is 9.99. The van der Waals surface area contributed by atoms with Crippen LogP contribution in [-0.4, -0.2) is 38.2 Å². The van der Waals surface area contributed by atoms with Gasteiger partial charge in [0.2, 0.25) is 0 Å². The molecule has 28 heavy (non-hydrogen) atoms. The van der Waals surface area contributed by atoms with Crippen LogP contribution in [0.1, 0.15) is 41.4 Å². The van der Waals surface area contributed by atoms with Crippen molar-refractivity contribution in [2.45, 2.75) is 33.6 Å². The third-order valence-electron chi connectivity index (χ3n) is 5.79. The zero-order valence-corrected chi connectivity index (χ0v) is 17.1. The zero-order chi connectivity index (χ0) is 19.8. The van der Waals surface area contributed by atoms with E-state index in [-0.39, 0.29) is 5.91 Å². The second-order valence-electron chi connectivity index (χ2n) is 8.10. The first-order valence-corrected chi connectivity index (χ1v) is 10.0. The van der Waals surface area contributed by atoms with Gasteiger partial charge in [-0.2, -0.15) is 5.10 Å². The molecule has 1 aromatic carbocycles. The number of hydrogen-bond acceptors (Lipinski definition) is 2. The molecule has 0 radical (unpaired) electrons. The fraction of sp³-hybridized carbons (Fsp3) is 0.391. The van der Waals surface area contributed by atoms with Crippen LogP contribution in [-0.2, 0) is 7.05 Å². The van der Waals surface area contributed by atoms with E-state index >= 15 is 0 Å². The molecule has 5 nitrogen and oxygen atoms in total. The Kier molecular flexibility index (Phi) is 4.84. The summed E-state index contributed by atoms with van der Waals surface area (Å²) < 4.78 is 3.86. The molecule has 1 aliphatic rings. The largest absolute Gasteiger partial charge is 0.349 e. The maximum absolute atomic E-state index is 13.4. The topological polar surface area (TPSA) is 43.1 Å². The van der Waals surface area contributed by atoms with Crippen LogP contribution in [0.25, 0.3) is 17.1 Å². The summed E-state index contributed by atoms with van der Waals surface area (Å²) in [6.45, 7) is 8.05. The van der Waals surface area contributed by atoms with Gasteiger partial charge < -0.3 is 9.47 Å². The molecule has 0 atom stereocenters. The van der Waals surface area contributed by atoms with Gasteiger partial charge in [0.05, 0.1) is 11.4 Å². The van der Waals surface area contributed by atoms with E-state index in [9.17, 15) is 4.79 Å². The van der Waals surface area contributed by atoms with Crippen LogP contribution in [0.3, 0.4) is 0 Å². The third kappa shape index (κ3) is 3.37. The number of aryl methyl sites for hydroxylation is 3. The fourth-order valence-electron chi connectivity index (χ4n) is 3.99. The van der Waals surface area contributed by atoms with Crippen molar-refractivity contribution in [1.29, 1.82) is 0 Å². The van der Waals surface area contributed by atoms with E-state index in [0.717, 1.165) is 48.6 Å². The summed E-state index contributed by atoms with van der Waals surface area (Å²) in [5.41, 5.74) is 5.74. The Balaban J connectivity index is 1.80. The van der Waals surface area contributed by atoms with Crippen molar-refractivity contribution >= 4 is 5.91 Å². The Morgan fingerprint density at radius 2 is 1.86 bits per heavy atom. The number of aromatic nitrogens is 3. The third-order valence-corrected chi connectivity index (χ3v) is 5.79. The molecule has 146 valence electrons. The van der Waals surface area contributed by atoms with Crippen molar-refractivity contribution in [3.05, 3.63) is 59.4 Å². The van der Waals surface area contributed by atoms with Crippen LogP contribution < -0.4 is 0 Å².